The highest BCUT2D eigenvalue weighted by Crippen LogP contribution is 2.23. The molecule has 1 heterocycles. The summed E-state index contributed by atoms with van der Waals surface area (Å²) >= 11 is 0. The predicted molar refractivity (Wildman–Crippen MR) is 74.9 cm³/mol. The summed E-state index contributed by atoms with van der Waals surface area (Å²) in [6.07, 6.45) is 6.02. The van der Waals surface area contributed by atoms with Gasteiger partial charge in [-0.25, -0.2) is 0 Å². The van der Waals surface area contributed by atoms with Crippen LogP contribution in [0.3, 0.4) is 0 Å². The Morgan fingerprint density at radius 1 is 1.16 bits per heavy atom. The number of furan rings is 1. The molecule has 1 aliphatic carbocycles. The van der Waals surface area contributed by atoms with Crippen LogP contribution in [-0.2, 0) is 0 Å². The first-order valence-electron chi connectivity index (χ1n) is 6.87. The lowest BCUT2D eigenvalue weighted by atomic mass is 9.90. The second kappa shape index (κ2) is 5.32. The number of para-hydroxylation sites is 1. The van der Waals surface area contributed by atoms with Gasteiger partial charge in [-0.2, -0.15) is 0 Å². The van der Waals surface area contributed by atoms with Crippen molar-refractivity contribution in [3.63, 3.8) is 0 Å². The number of ketones is 1. The average molecular weight is 252 g/mol. The molecule has 0 aliphatic heterocycles. The molecular weight excluding hydrogens is 236 g/mol. The van der Waals surface area contributed by atoms with Crippen LogP contribution in [-0.4, -0.2) is 5.78 Å². The summed E-state index contributed by atoms with van der Waals surface area (Å²) < 4.78 is 5.52. The van der Waals surface area contributed by atoms with Crippen LogP contribution in [0.25, 0.3) is 11.0 Å². The standard InChI is InChI=1S/C17H16O2/c18-15(11-10-13-6-2-1-3-7-13)17-12-14-8-4-5-9-16(14)19-17/h4-5,8-9,12-13H,1-3,6-7H2. The van der Waals surface area contributed by atoms with Gasteiger partial charge in [0.1, 0.15) is 5.58 Å². The van der Waals surface area contributed by atoms with Crippen molar-refractivity contribution in [3.05, 3.63) is 36.1 Å². The summed E-state index contributed by atoms with van der Waals surface area (Å²) in [5.41, 5.74) is 0.741. The molecule has 96 valence electrons. The second-order valence-electron chi connectivity index (χ2n) is 5.08. The Morgan fingerprint density at radius 3 is 2.74 bits per heavy atom. The van der Waals surface area contributed by atoms with Crippen molar-refractivity contribution in [3.8, 4) is 11.8 Å². The maximum atomic E-state index is 12.0. The van der Waals surface area contributed by atoms with Gasteiger partial charge in [-0.1, -0.05) is 43.4 Å². The summed E-state index contributed by atoms with van der Waals surface area (Å²) in [5.74, 6) is 6.39. The number of Topliss-reactive ketones (excluding diaryl/α,β-unsaturated/α-hetero) is 1. The van der Waals surface area contributed by atoms with Crippen LogP contribution in [0.2, 0.25) is 0 Å². The molecule has 0 radical (unpaired) electrons. The third-order valence-electron chi connectivity index (χ3n) is 3.64. The van der Waals surface area contributed by atoms with Gasteiger partial charge in [-0.05, 0) is 30.9 Å². The number of hydrogen-bond acceptors (Lipinski definition) is 2. The molecule has 1 aromatic carbocycles. The fraction of sp³-hybridized carbons (Fsp3) is 0.353. The smallest absolute Gasteiger partial charge is 0.271 e. The van der Waals surface area contributed by atoms with Crippen LogP contribution in [0.15, 0.2) is 34.7 Å². The van der Waals surface area contributed by atoms with Crippen molar-refractivity contribution < 1.29 is 9.21 Å². The van der Waals surface area contributed by atoms with Gasteiger partial charge < -0.3 is 4.42 Å². The molecule has 0 amide bonds. The normalized spacial score (nSPS) is 16.0. The molecule has 0 atom stereocenters. The van der Waals surface area contributed by atoms with E-state index in [2.05, 4.69) is 11.8 Å². The Kier molecular flexibility index (Phi) is 3.37. The zero-order valence-corrected chi connectivity index (χ0v) is 10.8. The quantitative estimate of drug-likeness (QED) is 0.432. The van der Waals surface area contributed by atoms with Crippen molar-refractivity contribution in [2.45, 2.75) is 32.1 Å². The Labute approximate surface area is 112 Å². The summed E-state index contributed by atoms with van der Waals surface area (Å²) in [6.45, 7) is 0. The van der Waals surface area contributed by atoms with Crippen LogP contribution >= 0.6 is 0 Å². The molecule has 1 aliphatic rings. The molecule has 0 bridgehead atoms. The first-order valence-corrected chi connectivity index (χ1v) is 6.87. The number of rotatable bonds is 1. The molecule has 0 spiro atoms. The lowest BCUT2D eigenvalue weighted by Gasteiger charge is -2.15. The zero-order valence-electron chi connectivity index (χ0n) is 10.8. The van der Waals surface area contributed by atoms with E-state index in [-0.39, 0.29) is 5.78 Å². The third-order valence-corrected chi connectivity index (χ3v) is 3.64. The van der Waals surface area contributed by atoms with Gasteiger partial charge >= 0.3 is 0 Å². The molecule has 3 rings (SSSR count). The molecule has 1 fully saturated rings. The van der Waals surface area contributed by atoms with E-state index in [1.807, 2.05) is 24.3 Å². The van der Waals surface area contributed by atoms with Crippen molar-refractivity contribution in [2.75, 3.05) is 0 Å². The molecule has 1 saturated carbocycles. The molecular formula is C17H16O2. The molecule has 0 unspecified atom stereocenters. The monoisotopic (exact) mass is 252 g/mol. The SMILES string of the molecule is O=C(C#CC1CCCCC1)c1cc2ccccc2o1. The van der Waals surface area contributed by atoms with Crippen molar-refractivity contribution >= 4 is 16.8 Å². The fourth-order valence-electron chi connectivity index (χ4n) is 2.57. The Bertz CT molecular complexity index is 615. The number of fused-ring (bicyclic) bond motifs is 1. The topological polar surface area (TPSA) is 30.2 Å². The molecule has 2 nitrogen and oxygen atoms in total. The Morgan fingerprint density at radius 2 is 1.95 bits per heavy atom. The van der Waals surface area contributed by atoms with Crippen LogP contribution in [0.1, 0.15) is 42.7 Å². The van der Waals surface area contributed by atoms with Gasteiger partial charge in [0, 0.05) is 11.3 Å². The first-order chi connectivity index (χ1) is 9.33. The van der Waals surface area contributed by atoms with Crippen molar-refractivity contribution in [1.82, 2.24) is 0 Å². The third kappa shape index (κ3) is 2.71. The van der Waals surface area contributed by atoms with E-state index in [0.717, 1.165) is 23.8 Å². The minimum Gasteiger partial charge on any atom is -0.452 e. The number of hydrogen-bond donors (Lipinski definition) is 0. The lowest BCUT2D eigenvalue weighted by Crippen LogP contribution is -2.04. The summed E-state index contributed by atoms with van der Waals surface area (Å²) in [7, 11) is 0. The average Bonchev–Trinajstić information content (AvgIpc) is 2.90. The van der Waals surface area contributed by atoms with Gasteiger partial charge in [0.05, 0.1) is 0 Å². The highest BCUT2D eigenvalue weighted by Gasteiger charge is 2.12. The number of carbonyl (C=O) groups excluding carboxylic acids is 1. The summed E-state index contributed by atoms with van der Waals surface area (Å²) in [5, 5.41) is 0.949. The molecule has 19 heavy (non-hydrogen) atoms. The van der Waals surface area contributed by atoms with Crippen LogP contribution < -0.4 is 0 Å². The maximum Gasteiger partial charge on any atom is 0.271 e. The zero-order chi connectivity index (χ0) is 13.1. The number of carbonyl (C=O) groups is 1. The van der Waals surface area contributed by atoms with Gasteiger partial charge in [-0.15, -0.1) is 0 Å². The van der Waals surface area contributed by atoms with E-state index in [1.165, 1.54) is 19.3 Å². The van der Waals surface area contributed by atoms with E-state index in [1.54, 1.807) is 6.07 Å². The van der Waals surface area contributed by atoms with Gasteiger partial charge in [-0.3, -0.25) is 4.79 Å². The summed E-state index contributed by atoms with van der Waals surface area (Å²) in [6, 6.07) is 9.39. The first kappa shape index (κ1) is 12.0. The largest absolute Gasteiger partial charge is 0.452 e. The van der Waals surface area contributed by atoms with Crippen LogP contribution in [0, 0.1) is 17.8 Å². The minimum absolute atomic E-state index is 0.207. The molecule has 2 heteroatoms. The fourth-order valence-corrected chi connectivity index (χ4v) is 2.57. The molecule has 2 aromatic rings. The van der Waals surface area contributed by atoms with E-state index in [0.29, 0.717) is 11.7 Å². The number of benzene rings is 1. The van der Waals surface area contributed by atoms with Gasteiger partial charge in [0.25, 0.3) is 5.78 Å². The van der Waals surface area contributed by atoms with Gasteiger partial charge in [0.2, 0.25) is 0 Å². The van der Waals surface area contributed by atoms with E-state index in [9.17, 15) is 4.79 Å². The highest BCUT2D eigenvalue weighted by atomic mass is 16.3. The van der Waals surface area contributed by atoms with Crippen molar-refractivity contribution in [1.29, 1.82) is 0 Å². The van der Waals surface area contributed by atoms with Crippen molar-refractivity contribution in [2.24, 2.45) is 5.92 Å². The maximum absolute atomic E-state index is 12.0. The van der Waals surface area contributed by atoms with E-state index < -0.39 is 0 Å². The van der Waals surface area contributed by atoms with E-state index in [4.69, 9.17) is 4.42 Å². The Balaban J connectivity index is 1.78. The van der Waals surface area contributed by atoms with Crippen LogP contribution in [0.5, 0.6) is 0 Å². The molecule has 1 aromatic heterocycles. The second-order valence-corrected chi connectivity index (χ2v) is 5.08. The van der Waals surface area contributed by atoms with E-state index >= 15 is 0 Å². The Hall–Kier alpha value is -2.01. The lowest BCUT2D eigenvalue weighted by molar-refractivity contribution is 0.103. The summed E-state index contributed by atoms with van der Waals surface area (Å²) in [4.78, 5) is 12.0. The molecule has 0 saturated heterocycles. The highest BCUT2D eigenvalue weighted by molar-refractivity contribution is 6.08. The minimum atomic E-state index is -0.207. The van der Waals surface area contributed by atoms with Gasteiger partial charge in [0.15, 0.2) is 5.76 Å². The van der Waals surface area contributed by atoms with Crippen LogP contribution in [0.4, 0.5) is 0 Å². The predicted octanol–water partition coefficient (Wildman–Crippen LogP) is 4.20. The molecule has 0 N–H and O–H groups in total.